The van der Waals surface area contributed by atoms with Crippen LogP contribution in [0.3, 0.4) is 0 Å². The van der Waals surface area contributed by atoms with Crippen LogP contribution in [0, 0.1) is 0 Å². The van der Waals surface area contributed by atoms with Crippen molar-refractivity contribution in [1.82, 2.24) is 14.7 Å². The van der Waals surface area contributed by atoms with Crippen LogP contribution in [0.5, 0.6) is 0 Å². The van der Waals surface area contributed by atoms with Crippen molar-refractivity contribution in [3.63, 3.8) is 0 Å². The van der Waals surface area contributed by atoms with E-state index in [4.69, 9.17) is 0 Å². The Balaban J connectivity index is 1.10. The molecule has 5 heteroatoms. The van der Waals surface area contributed by atoms with Gasteiger partial charge in [0.2, 0.25) is 0 Å². The van der Waals surface area contributed by atoms with Crippen molar-refractivity contribution in [2.45, 2.75) is 70.9 Å². The van der Waals surface area contributed by atoms with E-state index in [1.165, 1.54) is 41.6 Å². The van der Waals surface area contributed by atoms with E-state index in [9.17, 15) is 4.79 Å². The fourth-order valence-electron chi connectivity index (χ4n) is 6.74. The summed E-state index contributed by atoms with van der Waals surface area (Å²) in [5, 5.41) is 0. The zero-order chi connectivity index (χ0) is 26.6. The highest BCUT2D eigenvalue weighted by atomic mass is 16.2. The van der Waals surface area contributed by atoms with Crippen molar-refractivity contribution in [2.75, 3.05) is 31.1 Å². The fraction of sp³-hybridized carbons (Fsp3) is 0.441. The van der Waals surface area contributed by atoms with E-state index in [0.29, 0.717) is 12.2 Å². The van der Waals surface area contributed by atoms with E-state index in [-0.39, 0.29) is 5.91 Å². The Morgan fingerprint density at radius 3 is 2.03 bits per heavy atom. The summed E-state index contributed by atoms with van der Waals surface area (Å²) in [6.45, 7) is 9.00. The zero-order valence-electron chi connectivity index (χ0n) is 23.3. The molecule has 0 aromatic heterocycles. The first-order valence-electron chi connectivity index (χ1n) is 14.9. The Morgan fingerprint density at radius 2 is 1.41 bits per heavy atom. The lowest BCUT2D eigenvalue weighted by Crippen LogP contribution is -2.54. The molecule has 1 unspecified atom stereocenters. The molecule has 1 saturated carbocycles. The highest BCUT2D eigenvalue weighted by Crippen LogP contribution is 2.33. The number of amides is 1. The minimum absolute atomic E-state index is 0.253. The third-order valence-corrected chi connectivity index (χ3v) is 9.13. The van der Waals surface area contributed by atoms with Crippen LogP contribution in [0.2, 0.25) is 0 Å². The third kappa shape index (κ3) is 5.90. The smallest absolute Gasteiger partial charge is 0.254 e. The van der Waals surface area contributed by atoms with Crippen LogP contribution in [0.4, 0.5) is 5.69 Å². The van der Waals surface area contributed by atoms with Crippen molar-refractivity contribution in [3.8, 4) is 0 Å². The van der Waals surface area contributed by atoms with E-state index in [0.717, 1.165) is 64.2 Å². The van der Waals surface area contributed by atoms with Gasteiger partial charge in [0.25, 0.3) is 5.91 Å². The second-order valence-electron chi connectivity index (χ2n) is 11.6. The molecule has 0 N–H and O–H groups in total. The topological polar surface area (TPSA) is 30.0 Å². The summed E-state index contributed by atoms with van der Waals surface area (Å²) in [5.74, 6) is 0.253. The average molecular weight is 523 g/mol. The molecule has 3 aromatic carbocycles. The molecule has 1 saturated heterocycles. The van der Waals surface area contributed by atoms with Crippen molar-refractivity contribution in [1.29, 1.82) is 0 Å². The van der Waals surface area contributed by atoms with Crippen LogP contribution < -0.4 is 4.90 Å². The number of hydrogen-bond donors (Lipinski definition) is 0. The molecule has 2 aliphatic heterocycles. The Morgan fingerprint density at radius 1 is 0.795 bits per heavy atom. The van der Waals surface area contributed by atoms with Crippen LogP contribution >= 0.6 is 0 Å². The summed E-state index contributed by atoms with van der Waals surface area (Å²) in [4.78, 5) is 23.2. The molecular formula is C34H42N4O. The number of piperazine rings is 1. The number of carbonyl (C=O) groups is 1. The van der Waals surface area contributed by atoms with Crippen LogP contribution in [0.1, 0.15) is 66.1 Å². The van der Waals surface area contributed by atoms with Gasteiger partial charge in [-0.25, -0.2) is 0 Å². The van der Waals surface area contributed by atoms with Crippen LogP contribution in [0.25, 0.3) is 0 Å². The molecule has 3 aromatic rings. The first kappa shape index (κ1) is 26.1. The largest absolute Gasteiger partial charge is 0.369 e. The van der Waals surface area contributed by atoms with Crippen LogP contribution in [-0.4, -0.2) is 59.0 Å². The van der Waals surface area contributed by atoms with Gasteiger partial charge < -0.3 is 9.80 Å². The monoisotopic (exact) mass is 522 g/mol. The van der Waals surface area contributed by atoms with Crippen molar-refractivity contribution >= 4 is 11.6 Å². The first-order valence-corrected chi connectivity index (χ1v) is 14.9. The molecule has 0 spiro atoms. The summed E-state index contributed by atoms with van der Waals surface area (Å²) < 4.78 is 0. The second kappa shape index (κ2) is 11.9. The molecule has 5 nitrogen and oxygen atoms in total. The fourth-order valence-corrected chi connectivity index (χ4v) is 6.74. The molecule has 0 bridgehead atoms. The quantitative estimate of drug-likeness (QED) is 0.355. The number of carbonyl (C=O) groups excluding carboxylic acids is 1. The van der Waals surface area contributed by atoms with Crippen molar-refractivity contribution < 1.29 is 4.79 Å². The van der Waals surface area contributed by atoms with E-state index >= 15 is 0 Å². The molecule has 1 amide bonds. The summed E-state index contributed by atoms with van der Waals surface area (Å²) in [5.41, 5.74) is 6.04. The minimum Gasteiger partial charge on any atom is -0.369 e. The normalized spacial score (nSPS) is 19.5. The number of benzene rings is 3. The van der Waals surface area contributed by atoms with Crippen molar-refractivity contribution in [3.05, 3.63) is 101 Å². The van der Waals surface area contributed by atoms with Gasteiger partial charge in [-0.1, -0.05) is 86.0 Å². The summed E-state index contributed by atoms with van der Waals surface area (Å²) in [6.07, 6.45) is 6.49. The molecule has 2 fully saturated rings. The van der Waals surface area contributed by atoms with Gasteiger partial charge in [0, 0.05) is 63.1 Å². The Hall–Kier alpha value is -3.15. The number of anilines is 1. The number of hydrogen-bond acceptors (Lipinski definition) is 4. The molecule has 1 atom stereocenters. The van der Waals surface area contributed by atoms with E-state index in [2.05, 4.69) is 105 Å². The standard InChI is InChI=1S/C34H42N4O/c1-27(37(24-28-11-5-2-6-12-28)25-29-13-7-3-8-14-29)35-19-21-36(22-20-35)32-18-17-30-26-38(34(39)33(30)23-32)31-15-9-4-10-16-31/h2-3,5-8,11-14,17-18,23,27,31H,4,9-10,15-16,19-22,24-26H2,1H3. The molecule has 204 valence electrons. The van der Waals surface area contributed by atoms with Crippen molar-refractivity contribution in [2.24, 2.45) is 0 Å². The maximum absolute atomic E-state index is 13.3. The van der Waals surface area contributed by atoms with Gasteiger partial charge >= 0.3 is 0 Å². The van der Waals surface area contributed by atoms with Crippen LogP contribution in [-0.2, 0) is 19.6 Å². The number of nitrogens with zero attached hydrogens (tertiary/aromatic N) is 4. The minimum atomic E-state index is 0.253. The van der Waals surface area contributed by atoms with Gasteiger partial charge in [-0.05, 0) is 48.6 Å². The van der Waals surface area contributed by atoms with E-state index in [1.54, 1.807) is 0 Å². The molecule has 6 rings (SSSR count). The highest BCUT2D eigenvalue weighted by molar-refractivity contribution is 5.99. The predicted octanol–water partition coefficient (Wildman–Crippen LogP) is 6.15. The molecule has 0 radical (unpaired) electrons. The lowest BCUT2D eigenvalue weighted by atomic mass is 9.94. The molecule has 1 aliphatic carbocycles. The SMILES string of the molecule is CC(N1CCN(c2ccc3c(c2)C(=O)N(C2CCCCC2)C3)CC1)N(Cc1ccccc1)Cc1ccccc1. The third-order valence-electron chi connectivity index (χ3n) is 9.13. The van der Waals surface area contributed by atoms with Gasteiger partial charge in [0.05, 0.1) is 6.17 Å². The lowest BCUT2D eigenvalue weighted by molar-refractivity contribution is 0.0386. The average Bonchev–Trinajstić information content (AvgIpc) is 3.33. The summed E-state index contributed by atoms with van der Waals surface area (Å²) >= 11 is 0. The highest BCUT2D eigenvalue weighted by Gasteiger charge is 2.34. The van der Waals surface area contributed by atoms with Gasteiger partial charge in [0.15, 0.2) is 0 Å². The molecule has 39 heavy (non-hydrogen) atoms. The summed E-state index contributed by atoms with van der Waals surface area (Å²) in [7, 11) is 0. The predicted molar refractivity (Wildman–Crippen MR) is 159 cm³/mol. The first-order chi connectivity index (χ1) is 19.2. The Labute approximate surface area is 234 Å². The number of rotatable bonds is 8. The molecule has 2 heterocycles. The van der Waals surface area contributed by atoms with Gasteiger partial charge in [-0.3, -0.25) is 14.6 Å². The summed E-state index contributed by atoms with van der Waals surface area (Å²) in [6, 6.07) is 28.7. The molecular weight excluding hydrogens is 480 g/mol. The second-order valence-corrected chi connectivity index (χ2v) is 11.6. The molecule has 3 aliphatic rings. The van der Waals surface area contributed by atoms with Crippen LogP contribution in [0.15, 0.2) is 78.9 Å². The Kier molecular flexibility index (Phi) is 7.98. The maximum Gasteiger partial charge on any atom is 0.254 e. The van der Waals surface area contributed by atoms with E-state index in [1.807, 2.05) is 0 Å². The lowest BCUT2D eigenvalue weighted by Gasteiger charge is -2.43. The maximum atomic E-state index is 13.3. The van der Waals surface area contributed by atoms with Gasteiger partial charge in [0.1, 0.15) is 0 Å². The van der Waals surface area contributed by atoms with Gasteiger partial charge in [-0.2, -0.15) is 0 Å². The van der Waals surface area contributed by atoms with Gasteiger partial charge in [-0.15, -0.1) is 0 Å². The van der Waals surface area contributed by atoms with E-state index < -0.39 is 0 Å². The Bertz CT molecular complexity index is 1190. The zero-order valence-corrected chi connectivity index (χ0v) is 23.3. The number of fused-ring (bicyclic) bond motifs is 1.